The summed E-state index contributed by atoms with van der Waals surface area (Å²) < 4.78 is 18.3. The molecule has 0 amide bonds. The fourth-order valence-electron chi connectivity index (χ4n) is 6.01. The van der Waals surface area contributed by atoms with Gasteiger partial charge in [-0.1, -0.05) is 77.6 Å². The number of hydrogen-bond donors (Lipinski definition) is 0. The topological polar surface area (TPSA) is 26.3 Å². The Morgan fingerprint density at radius 3 is 2.35 bits per heavy atom. The first kappa shape index (κ1) is 24.3. The second-order valence-electron chi connectivity index (χ2n) is 10.2. The van der Waals surface area contributed by atoms with Gasteiger partial charge in [-0.15, -0.1) is 0 Å². The first-order valence-corrected chi connectivity index (χ1v) is 13.1. The number of halogens is 1. The minimum absolute atomic E-state index is 0.187. The molecule has 31 heavy (non-hydrogen) atoms. The maximum absolute atomic E-state index is 13.0. The van der Waals surface area contributed by atoms with E-state index in [9.17, 15) is 9.18 Å². The van der Waals surface area contributed by atoms with Crippen LogP contribution >= 0.6 is 0 Å². The normalized spacial score (nSPS) is 26.5. The molecule has 2 aliphatic rings. The molecule has 0 N–H and O–H groups in total. The molecule has 0 aliphatic heterocycles. The lowest BCUT2D eigenvalue weighted by molar-refractivity contribution is -0.134. The van der Waals surface area contributed by atoms with Crippen LogP contribution in [0.2, 0.25) is 0 Å². The van der Waals surface area contributed by atoms with Crippen LogP contribution in [0.15, 0.2) is 24.3 Å². The minimum atomic E-state index is -0.311. The van der Waals surface area contributed by atoms with Crippen LogP contribution in [0, 0.1) is 29.5 Å². The summed E-state index contributed by atoms with van der Waals surface area (Å²) in [6, 6.07) is 5.70. The van der Waals surface area contributed by atoms with E-state index in [4.69, 9.17) is 4.74 Å². The Kier molecular flexibility index (Phi) is 10.4. The van der Waals surface area contributed by atoms with Gasteiger partial charge in [0.05, 0.1) is 0 Å². The van der Waals surface area contributed by atoms with Crippen molar-refractivity contribution in [3.8, 4) is 5.75 Å². The number of ether oxygens (including phenoxy) is 1. The Morgan fingerprint density at radius 1 is 0.871 bits per heavy atom. The summed E-state index contributed by atoms with van der Waals surface area (Å²) in [7, 11) is 0. The molecule has 0 heterocycles. The van der Waals surface area contributed by atoms with Crippen molar-refractivity contribution in [2.75, 3.05) is 0 Å². The fourth-order valence-corrected chi connectivity index (χ4v) is 6.01. The number of rotatable bonds is 11. The lowest BCUT2D eigenvalue weighted by Crippen LogP contribution is -2.27. The molecule has 2 nitrogen and oxygen atoms in total. The van der Waals surface area contributed by atoms with Crippen molar-refractivity contribution in [1.29, 1.82) is 0 Å². The quantitative estimate of drug-likeness (QED) is 0.200. The van der Waals surface area contributed by atoms with Crippen LogP contribution in [0.4, 0.5) is 4.39 Å². The van der Waals surface area contributed by atoms with E-state index in [2.05, 4.69) is 6.92 Å². The molecule has 0 spiro atoms. The maximum atomic E-state index is 13.0. The van der Waals surface area contributed by atoms with E-state index >= 15 is 0 Å². The number of carbonyl (C=O) groups excluding carboxylic acids is 1. The monoisotopic (exact) mass is 430 g/mol. The van der Waals surface area contributed by atoms with Crippen LogP contribution < -0.4 is 4.74 Å². The zero-order valence-electron chi connectivity index (χ0n) is 19.6. The van der Waals surface area contributed by atoms with Crippen molar-refractivity contribution < 1.29 is 13.9 Å². The molecule has 174 valence electrons. The summed E-state index contributed by atoms with van der Waals surface area (Å²) in [6.07, 6.45) is 20.9. The molecule has 3 heteroatoms. The van der Waals surface area contributed by atoms with E-state index in [0.717, 1.165) is 24.2 Å². The third kappa shape index (κ3) is 8.58. The molecule has 0 radical (unpaired) electrons. The first-order chi connectivity index (χ1) is 15.1. The number of hydrogen-bond acceptors (Lipinski definition) is 2. The van der Waals surface area contributed by atoms with Crippen molar-refractivity contribution in [2.45, 2.75) is 110 Å². The van der Waals surface area contributed by atoms with E-state index in [-0.39, 0.29) is 11.8 Å². The highest BCUT2D eigenvalue weighted by Crippen LogP contribution is 2.43. The van der Waals surface area contributed by atoms with Gasteiger partial charge in [-0.25, -0.2) is 4.39 Å². The number of benzene rings is 1. The number of carbonyl (C=O) groups is 1. The van der Waals surface area contributed by atoms with Gasteiger partial charge < -0.3 is 4.74 Å². The molecule has 3 rings (SSSR count). The zero-order chi connectivity index (χ0) is 21.9. The summed E-state index contributed by atoms with van der Waals surface area (Å²) >= 11 is 0. The van der Waals surface area contributed by atoms with Crippen molar-refractivity contribution in [1.82, 2.24) is 0 Å². The molecule has 1 aromatic rings. The molecule has 2 aliphatic carbocycles. The summed E-state index contributed by atoms with van der Waals surface area (Å²) in [5.41, 5.74) is 0. The molecule has 1 aromatic carbocycles. The standard InChI is InChI=1S/C28H43FO2/c1-2-3-4-5-6-8-22-11-14-24(15-12-22)25-10-7-9-23(21-25)13-20-28(30)31-27-18-16-26(29)17-19-27/h16-19,22-25H,2-15,20-21H2,1H3/t22-,23?,24-,25-/m0/s1. The molecule has 2 atom stereocenters. The first-order valence-electron chi connectivity index (χ1n) is 13.1. The third-order valence-corrected chi connectivity index (χ3v) is 7.90. The lowest BCUT2D eigenvalue weighted by atomic mass is 9.67. The molecule has 2 saturated carbocycles. The zero-order valence-corrected chi connectivity index (χ0v) is 19.6. The van der Waals surface area contributed by atoms with Crippen LogP contribution in [-0.4, -0.2) is 5.97 Å². The van der Waals surface area contributed by atoms with Gasteiger partial charge in [-0.3, -0.25) is 4.79 Å². The number of esters is 1. The summed E-state index contributed by atoms with van der Waals surface area (Å²) in [4.78, 5) is 12.2. The van der Waals surface area contributed by atoms with Gasteiger partial charge in [0.2, 0.25) is 0 Å². The second-order valence-corrected chi connectivity index (χ2v) is 10.2. The van der Waals surface area contributed by atoms with Crippen LogP contribution in [0.1, 0.15) is 110 Å². The molecule has 2 fully saturated rings. The minimum Gasteiger partial charge on any atom is -0.427 e. The third-order valence-electron chi connectivity index (χ3n) is 7.90. The summed E-state index contributed by atoms with van der Waals surface area (Å²) in [5, 5.41) is 0. The highest BCUT2D eigenvalue weighted by Gasteiger charge is 2.31. The smallest absolute Gasteiger partial charge is 0.311 e. The van der Waals surface area contributed by atoms with E-state index < -0.39 is 0 Å². The van der Waals surface area contributed by atoms with Crippen LogP contribution in [0.3, 0.4) is 0 Å². The fraction of sp³-hybridized carbons (Fsp3) is 0.750. The van der Waals surface area contributed by atoms with E-state index in [1.807, 2.05) is 0 Å². The van der Waals surface area contributed by atoms with E-state index in [1.54, 1.807) is 0 Å². The Balaban J connectivity index is 1.32. The van der Waals surface area contributed by atoms with Crippen molar-refractivity contribution in [3.63, 3.8) is 0 Å². The Bertz CT molecular complexity index is 633. The molecule has 0 bridgehead atoms. The Labute approximate surface area is 189 Å². The molecular formula is C28H43FO2. The van der Waals surface area contributed by atoms with Crippen LogP contribution in [-0.2, 0) is 4.79 Å². The lowest BCUT2D eigenvalue weighted by Gasteiger charge is -2.38. The largest absolute Gasteiger partial charge is 0.427 e. The Morgan fingerprint density at radius 2 is 1.61 bits per heavy atom. The van der Waals surface area contributed by atoms with Crippen LogP contribution in [0.5, 0.6) is 5.75 Å². The van der Waals surface area contributed by atoms with Gasteiger partial charge in [0.1, 0.15) is 11.6 Å². The summed E-state index contributed by atoms with van der Waals surface area (Å²) in [6.45, 7) is 2.29. The van der Waals surface area contributed by atoms with Crippen molar-refractivity contribution >= 4 is 5.97 Å². The van der Waals surface area contributed by atoms with Gasteiger partial charge in [0.15, 0.2) is 0 Å². The maximum Gasteiger partial charge on any atom is 0.311 e. The second kappa shape index (κ2) is 13.2. The average Bonchev–Trinajstić information content (AvgIpc) is 2.80. The molecule has 0 aromatic heterocycles. The average molecular weight is 431 g/mol. The number of unbranched alkanes of at least 4 members (excludes halogenated alkanes) is 4. The van der Waals surface area contributed by atoms with Gasteiger partial charge >= 0.3 is 5.97 Å². The predicted molar refractivity (Wildman–Crippen MR) is 126 cm³/mol. The predicted octanol–water partition coefficient (Wildman–Crippen LogP) is 8.48. The van der Waals surface area contributed by atoms with Gasteiger partial charge in [-0.2, -0.15) is 0 Å². The molecule has 0 saturated heterocycles. The van der Waals surface area contributed by atoms with Gasteiger partial charge in [-0.05, 0) is 73.6 Å². The van der Waals surface area contributed by atoms with Gasteiger partial charge in [0.25, 0.3) is 0 Å². The van der Waals surface area contributed by atoms with Crippen molar-refractivity contribution in [3.05, 3.63) is 30.1 Å². The van der Waals surface area contributed by atoms with E-state index in [1.165, 1.54) is 114 Å². The molecule has 1 unspecified atom stereocenters. The molecular weight excluding hydrogens is 387 g/mol. The highest BCUT2D eigenvalue weighted by molar-refractivity contribution is 5.72. The highest BCUT2D eigenvalue weighted by atomic mass is 19.1. The van der Waals surface area contributed by atoms with Crippen LogP contribution in [0.25, 0.3) is 0 Å². The summed E-state index contributed by atoms with van der Waals surface area (Å²) in [5.74, 6) is 3.38. The van der Waals surface area contributed by atoms with Crippen molar-refractivity contribution in [2.24, 2.45) is 23.7 Å². The SMILES string of the molecule is CCCCCCC[C@H]1CC[C@H]([C@H]2CCCC(CCC(=O)Oc3ccc(F)cc3)C2)CC1. The van der Waals surface area contributed by atoms with E-state index in [0.29, 0.717) is 18.1 Å². The Hall–Kier alpha value is -1.38. The van der Waals surface area contributed by atoms with Gasteiger partial charge in [0, 0.05) is 6.42 Å².